The Morgan fingerprint density at radius 2 is 1.92 bits per heavy atom. The Morgan fingerprint density at radius 1 is 1.12 bits per heavy atom. The van der Waals surface area contributed by atoms with Crippen molar-refractivity contribution in [3.8, 4) is 0 Å². The third kappa shape index (κ3) is 8.17. The second kappa shape index (κ2) is 14.2. The molecular formula is C17H33IN6O2. The number of hydrogen-bond acceptors (Lipinski definition) is 5. The Labute approximate surface area is 173 Å². The first kappa shape index (κ1) is 23.1. The van der Waals surface area contributed by atoms with Gasteiger partial charge in [-0.25, -0.2) is 4.99 Å². The fourth-order valence-corrected chi connectivity index (χ4v) is 2.63. The van der Waals surface area contributed by atoms with Crippen LogP contribution in [0.3, 0.4) is 0 Å². The van der Waals surface area contributed by atoms with E-state index < -0.39 is 0 Å². The fraction of sp³-hybridized carbons (Fsp3) is 0.824. The molecule has 0 spiro atoms. The Hall–Kier alpha value is -0.940. The normalized spacial score (nSPS) is 13.4. The molecule has 0 amide bonds. The molecule has 0 radical (unpaired) electrons. The van der Waals surface area contributed by atoms with Gasteiger partial charge in [0.2, 0.25) is 0 Å². The van der Waals surface area contributed by atoms with E-state index in [1.807, 2.05) is 0 Å². The van der Waals surface area contributed by atoms with Crippen molar-refractivity contribution >= 4 is 29.9 Å². The summed E-state index contributed by atoms with van der Waals surface area (Å²) in [4.78, 5) is 4.59. The maximum absolute atomic E-state index is 5.56. The Kier molecular flexibility index (Phi) is 12.6. The van der Waals surface area contributed by atoms with E-state index in [0.717, 1.165) is 63.0 Å². The number of aryl methyl sites for hydroxylation is 1. The van der Waals surface area contributed by atoms with Crippen molar-refractivity contribution in [2.75, 3.05) is 39.5 Å². The average Bonchev–Trinajstić information content (AvgIpc) is 3.22. The summed E-state index contributed by atoms with van der Waals surface area (Å²) >= 11 is 0. The minimum absolute atomic E-state index is 0. The second-order valence-electron chi connectivity index (χ2n) is 5.99. The van der Waals surface area contributed by atoms with Gasteiger partial charge in [-0.15, -0.1) is 34.2 Å². The van der Waals surface area contributed by atoms with Gasteiger partial charge in [-0.3, -0.25) is 0 Å². The van der Waals surface area contributed by atoms with Crippen LogP contribution in [0.15, 0.2) is 4.99 Å². The van der Waals surface area contributed by atoms with Crippen LogP contribution in [0.5, 0.6) is 0 Å². The van der Waals surface area contributed by atoms with Gasteiger partial charge in [-0.1, -0.05) is 13.3 Å². The molecule has 0 unspecified atom stereocenters. The highest BCUT2D eigenvalue weighted by molar-refractivity contribution is 14.0. The largest absolute Gasteiger partial charge is 0.379 e. The van der Waals surface area contributed by atoms with Gasteiger partial charge in [0.05, 0.1) is 19.8 Å². The molecule has 2 rings (SSSR count). The second-order valence-corrected chi connectivity index (χ2v) is 5.99. The standard InChI is InChI=1S/C17H32N6O2.HI/c1-3-5-10-24-12-13-25-11-8-19-17(18-4-2)20-14-16-22-21-15-7-6-9-23(15)16;/h3-14H2,1-2H3,(H2,18,19,20);1H. The van der Waals surface area contributed by atoms with Gasteiger partial charge in [0.1, 0.15) is 12.4 Å². The predicted octanol–water partition coefficient (Wildman–Crippen LogP) is 1.73. The molecule has 0 fully saturated rings. The Morgan fingerprint density at radius 3 is 2.69 bits per heavy atom. The number of guanidine groups is 1. The number of hydrogen-bond donors (Lipinski definition) is 2. The summed E-state index contributed by atoms with van der Waals surface area (Å²) in [6.07, 6.45) is 4.45. The summed E-state index contributed by atoms with van der Waals surface area (Å²) in [5, 5.41) is 15.0. The topological polar surface area (TPSA) is 85.6 Å². The predicted molar refractivity (Wildman–Crippen MR) is 113 cm³/mol. The van der Waals surface area contributed by atoms with Crippen molar-refractivity contribution in [3.05, 3.63) is 11.6 Å². The van der Waals surface area contributed by atoms with Crippen molar-refractivity contribution < 1.29 is 9.47 Å². The molecule has 0 atom stereocenters. The summed E-state index contributed by atoms with van der Waals surface area (Å²) in [6.45, 7) is 10.0. The molecule has 1 aromatic rings. The van der Waals surface area contributed by atoms with Crippen molar-refractivity contribution in [1.82, 2.24) is 25.4 Å². The smallest absolute Gasteiger partial charge is 0.191 e. The Balaban J connectivity index is 0.00000338. The van der Waals surface area contributed by atoms with Crippen LogP contribution in [-0.2, 0) is 29.0 Å². The van der Waals surface area contributed by atoms with Crippen LogP contribution in [0.1, 0.15) is 44.8 Å². The molecule has 0 saturated heterocycles. The van der Waals surface area contributed by atoms with E-state index in [2.05, 4.69) is 44.2 Å². The number of ether oxygens (including phenoxy) is 2. The SMILES string of the molecule is CCCCOCCOCCNC(=NCc1nnc2n1CCC2)NCC.I. The molecule has 1 aromatic heterocycles. The lowest BCUT2D eigenvalue weighted by atomic mass is 10.4. The summed E-state index contributed by atoms with van der Waals surface area (Å²) in [6, 6.07) is 0. The molecule has 0 saturated carbocycles. The zero-order valence-electron chi connectivity index (χ0n) is 16.0. The highest BCUT2D eigenvalue weighted by Crippen LogP contribution is 2.14. The number of unbranched alkanes of at least 4 members (excludes halogenated alkanes) is 1. The van der Waals surface area contributed by atoms with Crippen LogP contribution in [0.4, 0.5) is 0 Å². The average molecular weight is 480 g/mol. The molecule has 0 bridgehead atoms. The summed E-state index contributed by atoms with van der Waals surface area (Å²) in [7, 11) is 0. The zero-order valence-corrected chi connectivity index (χ0v) is 18.3. The van der Waals surface area contributed by atoms with Crippen LogP contribution in [0.2, 0.25) is 0 Å². The minimum Gasteiger partial charge on any atom is -0.379 e. The molecule has 0 aromatic carbocycles. The van der Waals surface area contributed by atoms with E-state index in [0.29, 0.717) is 32.9 Å². The molecule has 8 nitrogen and oxygen atoms in total. The van der Waals surface area contributed by atoms with Crippen LogP contribution in [0, 0.1) is 0 Å². The molecule has 1 aliphatic heterocycles. The molecule has 2 heterocycles. The van der Waals surface area contributed by atoms with Crippen LogP contribution in [0.25, 0.3) is 0 Å². The lowest BCUT2D eigenvalue weighted by molar-refractivity contribution is 0.0487. The first-order valence-corrected chi connectivity index (χ1v) is 9.43. The first-order chi connectivity index (χ1) is 12.3. The fourth-order valence-electron chi connectivity index (χ4n) is 2.63. The number of aromatic nitrogens is 3. The maximum Gasteiger partial charge on any atom is 0.191 e. The van der Waals surface area contributed by atoms with Crippen LogP contribution >= 0.6 is 24.0 Å². The molecule has 26 heavy (non-hydrogen) atoms. The summed E-state index contributed by atoms with van der Waals surface area (Å²) in [5.41, 5.74) is 0. The summed E-state index contributed by atoms with van der Waals surface area (Å²) < 4.78 is 13.2. The molecule has 9 heteroatoms. The van der Waals surface area contributed by atoms with Crippen molar-refractivity contribution in [2.24, 2.45) is 4.99 Å². The number of nitrogens with zero attached hydrogens (tertiary/aromatic N) is 4. The number of fused-ring (bicyclic) bond motifs is 1. The Bertz CT molecular complexity index is 523. The van der Waals surface area contributed by atoms with Crippen molar-refractivity contribution in [2.45, 2.75) is 52.6 Å². The van der Waals surface area contributed by atoms with Gasteiger partial charge in [0.15, 0.2) is 11.8 Å². The molecule has 150 valence electrons. The van der Waals surface area contributed by atoms with Crippen LogP contribution in [-0.4, -0.2) is 60.2 Å². The maximum atomic E-state index is 5.56. The van der Waals surface area contributed by atoms with E-state index in [1.54, 1.807) is 0 Å². The number of nitrogens with one attached hydrogen (secondary N) is 2. The number of halogens is 1. The quantitative estimate of drug-likeness (QED) is 0.205. The molecule has 1 aliphatic rings. The van der Waals surface area contributed by atoms with E-state index in [4.69, 9.17) is 9.47 Å². The molecule has 0 aliphatic carbocycles. The monoisotopic (exact) mass is 480 g/mol. The van der Waals surface area contributed by atoms with Gasteiger partial charge in [0.25, 0.3) is 0 Å². The van der Waals surface area contributed by atoms with Crippen molar-refractivity contribution in [1.29, 1.82) is 0 Å². The van der Waals surface area contributed by atoms with Crippen molar-refractivity contribution in [3.63, 3.8) is 0 Å². The lowest BCUT2D eigenvalue weighted by Crippen LogP contribution is -2.39. The van der Waals surface area contributed by atoms with E-state index in [-0.39, 0.29) is 24.0 Å². The van der Waals surface area contributed by atoms with E-state index in [1.165, 1.54) is 0 Å². The minimum atomic E-state index is 0. The lowest BCUT2D eigenvalue weighted by Gasteiger charge is -2.11. The van der Waals surface area contributed by atoms with Gasteiger partial charge in [0, 0.05) is 32.7 Å². The van der Waals surface area contributed by atoms with Gasteiger partial charge in [-0.05, 0) is 19.8 Å². The third-order valence-electron chi connectivity index (χ3n) is 3.96. The third-order valence-corrected chi connectivity index (χ3v) is 3.96. The first-order valence-electron chi connectivity index (χ1n) is 9.43. The highest BCUT2D eigenvalue weighted by Gasteiger charge is 2.16. The summed E-state index contributed by atoms with van der Waals surface area (Å²) in [5.74, 6) is 2.79. The van der Waals surface area contributed by atoms with Gasteiger partial charge >= 0.3 is 0 Å². The van der Waals surface area contributed by atoms with E-state index >= 15 is 0 Å². The van der Waals surface area contributed by atoms with Gasteiger partial charge in [-0.2, -0.15) is 0 Å². The molecule has 2 N–H and O–H groups in total. The van der Waals surface area contributed by atoms with Gasteiger partial charge < -0.3 is 24.7 Å². The zero-order chi connectivity index (χ0) is 17.7. The number of rotatable bonds is 12. The van der Waals surface area contributed by atoms with E-state index in [9.17, 15) is 0 Å². The highest BCUT2D eigenvalue weighted by atomic mass is 127. The molecular weight excluding hydrogens is 447 g/mol. The number of aliphatic imine (C=N–C) groups is 1. The van der Waals surface area contributed by atoms with Crippen LogP contribution < -0.4 is 10.6 Å².